The Balaban J connectivity index is 1.97. The molecule has 0 radical (unpaired) electrons. The van der Waals surface area contributed by atoms with E-state index in [9.17, 15) is 4.79 Å². The molecule has 0 saturated carbocycles. The number of hydrogen-bond donors (Lipinski definition) is 0. The first-order valence-electron chi connectivity index (χ1n) is 8.01. The molecule has 0 bridgehead atoms. The van der Waals surface area contributed by atoms with Crippen molar-refractivity contribution in [3.05, 3.63) is 6.33 Å². The number of amides is 1. The summed E-state index contributed by atoms with van der Waals surface area (Å²) in [6, 6.07) is 0.399. The third-order valence-electron chi connectivity index (χ3n) is 4.13. The molecular formula is C15H26N4O2S. The molecule has 1 aromatic heterocycles. The second-order valence-electron chi connectivity index (χ2n) is 5.65. The molecule has 0 spiro atoms. The molecule has 22 heavy (non-hydrogen) atoms. The predicted molar refractivity (Wildman–Crippen MR) is 86.9 cm³/mol. The molecule has 1 fully saturated rings. The zero-order chi connectivity index (χ0) is 15.9. The van der Waals surface area contributed by atoms with Crippen LogP contribution >= 0.6 is 11.8 Å². The van der Waals surface area contributed by atoms with Crippen LogP contribution in [-0.4, -0.2) is 57.1 Å². The van der Waals surface area contributed by atoms with E-state index in [-0.39, 0.29) is 11.2 Å². The standard InChI is InChI=1S/C15H26N4O2S/c1-4-13-7-5-6-8-19(13)14(20)12(2)22-15-17-16-11-18(15)9-10-21-3/h11-13H,4-10H2,1-3H3. The van der Waals surface area contributed by atoms with Gasteiger partial charge in [-0.3, -0.25) is 4.79 Å². The molecule has 2 rings (SSSR count). The lowest BCUT2D eigenvalue weighted by atomic mass is 10.00. The van der Waals surface area contributed by atoms with Crippen LogP contribution < -0.4 is 0 Å². The van der Waals surface area contributed by atoms with Crippen LogP contribution in [-0.2, 0) is 16.1 Å². The van der Waals surface area contributed by atoms with Crippen molar-refractivity contribution in [2.24, 2.45) is 0 Å². The number of piperidine rings is 1. The maximum atomic E-state index is 12.7. The fraction of sp³-hybridized carbons (Fsp3) is 0.800. The highest BCUT2D eigenvalue weighted by Crippen LogP contribution is 2.26. The number of likely N-dealkylation sites (tertiary alicyclic amines) is 1. The second kappa shape index (κ2) is 8.53. The fourth-order valence-corrected chi connectivity index (χ4v) is 3.76. The van der Waals surface area contributed by atoms with Crippen LogP contribution in [0.15, 0.2) is 11.5 Å². The van der Waals surface area contributed by atoms with Gasteiger partial charge in [0.15, 0.2) is 5.16 Å². The Bertz CT molecular complexity index is 480. The molecule has 1 amide bonds. The highest BCUT2D eigenvalue weighted by Gasteiger charge is 2.29. The number of carbonyl (C=O) groups excluding carboxylic acids is 1. The van der Waals surface area contributed by atoms with Gasteiger partial charge in [0.25, 0.3) is 0 Å². The van der Waals surface area contributed by atoms with Crippen molar-refractivity contribution in [3.63, 3.8) is 0 Å². The maximum Gasteiger partial charge on any atom is 0.236 e. The zero-order valence-electron chi connectivity index (χ0n) is 13.7. The molecule has 2 heterocycles. The number of thioether (sulfide) groups is 1. The maximum absolute atomic E-state index is 12.7. The molecule has 2 atom stereocenters. The van der Waals surface area contributed by atoms with Crippen LogP contribution in [0.25, 0.3) is 0 Å². The van der Waals surface area contributed by atoms with Crippen molar-refractivity contribution in [1.82, 2.24) is 19.7 Å². The molecule has 1 aromatic rings. The van der Waals surface area contributed by atoms with E-state index >= 15 is 0 Å². The molecule has 1 saturated heterocycles. The van der Waals surface area contributed by atoms with Gasteiger partial charge in [-0.15, -0.1) is 10.2 Å². The molecule has 1 aliphatic heterocycles. The number of methoxy groups -OCH3 is 1. The lowest BCUT2D eigenvalue weighted by molar-refractivity contribution is -0.134. The Morgan fingerprint density at radius 2 is 2.36 bits per heavy atom. The Labute approximate surface area is 136 Å². The van der Waals surface area contributed by atoms with Gasteiger partial charge in [0, 0.05) is 26.2 Å². The molecule has 0 N–H and O–H groups in total. The van der Waals surface area contributed by atoms with E-state index in [1.54, 1.807) is 13.4 Å². The number of carbonyl (C=O) groups is 1. The van der Waals surface area contributed by atoms with Gasteiger partial charge in [-0.1, -0.05) is 18.7 Å². The summed E-state index contributed by atoms with van der Waals surface area (Å²) in [7, 11) is 1.67. The first kappa shape index (κ1) is 17.3. The minimum Gasteiger partial charge on any atom is -0.383 e. The van der Waals surface area contributed by atoms with E-state index < -0.39 is 0 Å². The summed E-state index contributed by atoms with van der Waals surface area (Å²) in [6.07, 6.45) is 6.20. The third kappa shape index (κ3) is 4.23. The number of aromatic nitrogens is 3. The lowest BCUT2D eigenvalue weighted by Gasteiger charge is -2.36. The van der Waals surface area contributed by atoms with Gasteiger partial charge in [0.05, 0.1) is 11.9 Å². The van der Waals surface area contributed by atoms with Gasteiger partial charge in [-0.2, -0.15) is 0 Å². The summed E-state index contributed by atoms with van der Waals surface area (Å²) in [5.41, 5.74) is 0. The summed E-state index contributed by atoms with van der Waals surface area (Å²) in [4.78, 5) is 14.8. The van der Waals surface area contributed by atoms with E-state index in [4.69, 9.17) is 4.74 Å². The van der Waals surface area contributed by atoms with Gasteiger partial charge in [-0.25, -0.2) is 0 Å². The Kier molecular flexibility index (Phi) is 6.70. The normalized spacial score (nSPS) is 20.1. The van der Waals surface area contributed by atoms with E-state index in [0.29, 0.717) is 19.2 Å². The molecule has 6 nitrogen and oxygen atoms in total. The summed E-state index contributed by atoms with van der Waals surface area (Å²) in [6.45, 7) is 6.32. The van der Waals surface area contributed by atoms with Crippen LogP contribution in [0.5, 0.6) is 0 Å². The van der Waals surface area contributed by atoms with Gasteiger partial charge in [-0.05, 0) is 32.6 Å². The Morgan fingerprint density at radius 1 is 1.55 bits per heavy atom. The van der Waals surface area contributed by atoms with Crippen molar-refractivity contribution in [2.45, 2.75) is 62.5 Å². The van der Waals surface area contributed by atoms with Crippen LogP contribution in [0.1, 0.15) is 39.5 Å². The first-order chi connectivity index (χ1) is 10.7. The number of ether oxygens (including phenoxy) is 1. The van der Waals surface area contributed by atoms with Crippen molar-refractivity contribution < 1.29 is 9.53 Å². The SMILES string of the molecule is CCC1CCCCN1C(=O)C(C)Sc1nncn1CCOC. The predicted octanol–water partition coefficient (Wildman–Crippen LogP) is 2.20. The van der Waals surface area contributed by atoms with Gasteiger partial charge < -0.3 is 14.2 Å². The van der Waals surface area contributed by atoms with Crippen molar-refractivity contribution in [1.29, 1.82) is 0 Å². The highest BCUT2D eigenvalue weighted by atomic mass is 32.2. The molecule has 7 heteroatoms. The average Bonchev–Trinajstić information content (AvgIpc) is 2.99. The van der Waals surface area contributed by atoms with Crippen molar-refractivity contribution in [3.8, 4) is 0 Å². The first-order valence-corrected chi connectivity index (χ1v) is 8.89. The quantitative estimate of drug-likeness (QED) is 0.719. The Morgan fingerprint density at radius 3 is 3.09 bits per heavy atom. The van der Waals surface area contributed by atoms with E-state index in [2.05, 4.69) is 22.0 Å². The molecule has 0 aliphatic carbocycles. The minimum absolute atomic E-state index is 0.141. The smallest absolute Gasteiger partial charge is 0.236 e. The summed E-state index contributed by atoms with van der Waals surface area (Å²) >= 11 is 1.48. The highest BCUT2D eigenvalue weighted by molar-refractivity contribution is 8.00. The zero-order valence-corrected chi connectivity index (χ0v) is 14.5. The van der Waals surface area contributed by atoms with Gasteiger partial charge in [0.2, 0.25) is 5.91 Å². The van der Waals surface area contributed by atoms with E-state index in [1.165, 1.54) is 18.2 Å². The van der Waals surface area contributed by atoms with E-state index in [0.717, 1.165) is 31.0 Å². The number of rotatable bonds is 7. The number of nitrogens with zero attached hydrogens (tertiary/aromatic N) is 4. The van der Waals surface area contributed by atoms with Crippen molar-refractivity contribution in [2.75, 3.05) is 20.3 Å². The largest absolute Gasteiger partial charge is 0.383 e. The van der Waals surface area contributed by atoms with Crippen molar-refractivity contribution >= 4 is 17.7 Å². The second-order valence-corrected chi connectivity index (χ2v) is 6.96. The van der Waals surface area contributed by atoms with Crippen LogP contribution in [0.4, 0.5) is 0 Å². The number of hydrogen-bond acceptors (Lipinski definition) is 5. The lowest BCUT2D eigenvalue weighted by Crippen LogP contribution is -2.46. The summed E-state index contributed by atoms with van der Waals surface area (Å²) in [5, 5.41) is 8.71. The third-order valence-corrected chi connectivity index (χ3v) is 5.21. The van der Waals surface area contributed by atoms with Gasteiger partial charge in [0.1, 0.15) is 6.33 Å². The van der Waals surface area contributed by atoms with Crippen LogP contribution in [0.3, 0.4) is 0 Å². The Hall–Kier alpha value is -1.08. The topological polar surface area (TPSA) is 60.2 Å². The molecular weight excluding hydrogens is 300 g/mol. The molecule has 124 valence electrons. The van der Waals surface area contributed by atoms with Crippen LogP contribution in [0.2, 0.25) is 0 Å². The molecule has 1 aliphatic rings. The monoisotopic (exact) mass is 326 g/mol. The van der Waals surface area contributed by atoms with E-state index in [1.807, 2.05) is 11.5 Å². The summed E-state index contributed by atoms with van der Waals surface area (Å²) < 4.78 is 7.02. The molecule has 0 aromatic carbocycles. The van der Waals surface area contributed by atoms with Crippen LogP contribution in [0, 0.1) is 0 Å². The minimum atomic E-state index is -0.141. The van der Waals surface area contributed by atoms with Gasteiger partial charge >= 0.3 is 0 Å². The summed E-state index contributed by atoms with van der Waals surface area (Å²) in [5.74, 6) is 0.220. The molecule has 2 unspecified atom stereocenters. The average molecular weight is 326 g/mol. The fourth-order valence-electron chi connectivity index (χ4n) is 2.84.